The summed E-state index contributed by atoms with van der Waals surface area (Å²) in [7, 11) is 0. The van der Waals surface area contributed by atoms with Crippen molar-refractivity contribution < 1.29 is 4.74 Å². The monoisotopic (exact) mass is 284 g/mol. The summed E-state index contributed by atoms with van der Waals surface area (Å²) < 4.78 is 5.83. The zero-order chi connectivity index (χ0) is 14.5. The van der Waals surface area contributed by atoms with Crippen LogP contribution < -0.4 is 15.0 Å². The number of piperazine rings is 1. The maximum Gasteiger partial charge on any atom is 0.140 e. The number of hydrogen-bond donors (Lipinski definition) is 1. The Morgan fingerprint density at radius 1 is 1.10 bits per heavy atom. The zero-order valence-electron chi connectivity index (χ0n) is 12.2. The van der Waals surface area contributed by atoms with Crippen LogP contribution in [0.5, 0.6) is 5.75 Å². The first-order chi connectivity index (χ1) is 10.3. The van der Waals surface area contributed by atoms with E-state index in [0.717, 1.165) is 48.7 Å². The number of nitrogens with zero attached hydrogens (tertiary/aromatic N) is 3. The third-order valence-electron chi connectivity index (χ3n) is 3.52. The van der Waals surface area contributed by atoms with Gasteiger partial charge in [0.15, 0.2) is 0 Å². The van der Waals surface area contributed by atoms with Crippen molar-refractivity contribution >= 4 is 5.69 Å². The molecule has 1 aliphatic heterocycles. The number of hydrogen-bond acceptors (Lipinski definition) is 5. The van der Waals surface area contributed by atoms with Gasteiger partial charge < -0.3 is 15.0 Å². The summed E-state index contributed by atoms with van der Waals surface area (Å²) in [6.45, 7) is 6.59. The molecule has 1 fully saturated rings. The number of aryl methyl sites for hydroxylation is 1. The van der Waals surface area contributed by atoms with Gasteiger partial charge in [0.2, 0.25) is 0 Å². The largest absolute Gasteiger partial charge is 0.487 e. The second kappa shape index (κ2) is 6.54. The van der Waals surface area contributed by atoms with Gasteiger partial charge >= 0.3 is 0 Å². The number of pyridine rings is 2. The zero-order valence-corrected chi connectivity index (χ0v) is 12.2. The van der Waals surface area contributed by atoms with Crippen LogP contribution in [0.3, 0.4) is 0 Å². The minimum absolute atomic E-state index is 0.515. The number of ether oxygens (including phenoxy) is 1. The van der Waals surface area contributed by atoms with Gasteiger partial charge in [-0.1, -0.05) is 0 Å². The predicted molar refractivity (Wildman–Crippen MR) is 82.6 cm³/mol. The molecule has 0 aliphatic carbocycles. The highest BCUT2D eigenvalue weighted by Crippen LogP contribution is 2.20. The fraction of sp³-hybridized carbons (Fsp3) is 0.375. The van der Waals surface area contributed by atoms with Crippen molar-refractivity contribution in [2.45, 2.75) is 13.5 Å². The third kappa shape index (κ3) is 3.70. The van der Waals surface area contributed by atoms with E-state index in [1.54, 1.807) is 6.20 Å². The third-order valence-corrected chi connectivity index (χ3v) is 3.52. The van der Waals surface area contributed by atoms with E-state index >= 15 is 0 Å². The fourth-order valence-corrected chi connectivity index (χ4v) is 2.45. The van der Waals surface area contributed by atoms with Crippen molar-refractivity contribution in [2.24, 2.45) is 0 Å². The molecule has 5 heteroatoms. The van der Waals surface area contributed by atoms with Gasteiger partial charge in [0.05, 0.1) is 18.1 Å². The van der Waals surface area contributed by atoms with Crippen molar-refractivity contribution in [1.29, 1.82) is 0 Å². The molecule has 3 heterocycles. The van der Waals surface area contributed by atoms with E-state index < -0.39 is 0 Å². The molecule has 0 atom stereocenters. The molecule has 1 saturated heterocycles. The summed E-state index contributed by atoms with van der Waals surface area (Å²) in [5.41, 5.74) is 3.34. The molecule has 1 N–H and O–H groups in total. The molecule has 5 nitrogen and oxygen atoms in total. The summed E-state index contributed by atoms with van der Waals surface area (Å²) in [4.78, 5) is 10.8. The van der Waals surface area contributed by atoms with Crippen LogP contribution in [0.25, 0.3) is 0 Å². The smallest absolute Gasteiger partial charge is 0.140 e. The molecular weight excluding hydrogens is 264 g/mol. The van der Waals surface area contributed by atoms with Gasteiger partial charge in [-0.15, -0.1) is 0 Å². The van der Waals surface area contributed by atoms with Crippen LogP contribution in [0, 0.1) is 6.92 Å². The number of anilines is 1. The Labute approximate surface area is 125 Å². The minimum atomic E-state index is 0.515. The minimum Gasteiger partial charge on any atom is -0.487 e. The van der Waals surface area contributed by atoms with Crippen LogP contribution >= 0.6 is 0 Å². The highest BCUT2D eigenvalue weighted by molar-refractivity contribution is 5.48. The Bertz CT molecular complexity index is 596. The van der Waals surface area contributed by atoms with Gasteiger partial charge in [0, 0.05) is 50.2 Å². The molecule has 110 valence electrons. The Morgan fingerprint density at radius 2 is 1.90 bits per heavy atom. The van der Waals surface area contributed by atoms with E-state index in [1.165, 1.54) is 0 Å². The first-order valence-corrected chi connectivity index (χ1v) is 7.25. The van der Waals surface area contributed by atoms with E-state index in [9.17, 15) is 0 Å². The van der Waals surface area contributed by atoms with Gasteiger partial charge in [-0.2, -0.15) is 0 Å². The maximum absolute atomic E-state index is 5.83. The Kier molecular flexibility index (Phi) is 4.31. The molecule has 21 heavy (non-hydrogen) atoms. The first kappa shape index (κ1) is 13.8. The first-order valence-electron chi connectivity index (χ1n) is 7.25. The van der Waals surface area contributed by atoms with E-state index in [2.05, 4.69) is 32.3 Å². The maximum atomic E-state index is 5.83. The number of nitrogens with one attached hydrogen (secondary N) is 1. The van der Waals surface area contributed by atoms with Crippen molar-refractivity contribution in [3.8, 4) is 5.75 Å². The molecule has 0 saturated carbocycles. The topological polar surface area (TPSA) is 50.3 Å². The van der Waals surface area contributed by atoms with E-state index in [4.69, 9.17) is 4.74 Å². The molecule has 3 rings (SSSR count). The van der Waals surface area contributed by atoms with E-state index in [1.807, 2.05) is 25.5 Å². The van der Waals surface area contributed by atoms with Gasteiger partial charge in [-0.25, -0.2) is 0 Å². The summed E-state index contributed by atoms with van der Waals surface area (Å²) in [5, 5.41) is 3.35. The molecule has 0 unspecified atom stereocenters. The number of aromatic nitrogens is 2. The average molecular weight is 284 g/mol. The summed E-state index contributed by atoms with van der Waals surface area (Å²) >= 11 is 0. The van der Waals surface area contributed by atoms with E-state index in [-0.39, 0.29) is 0 Å². The van der Waals surface area contributed by atoms with Gasteiger partial charge in [0.25, 0.3) is 0 Å². The SMILES string of the molecule is Cc1cncc(COc2cncc(N3CCNCC3)c2)c1. The van der Waals surface area contributed by atoms with Crippen LogP contribution in [0.15, 0.2) is 36.9 Å². The molecular formula is C16H20N4O. The van der Waals surface area contributed by atoms with Crippen LogP contribution in [-0.2, 0) is 6.61 Å². The van der Waals surface area contributed by atoms with Crippen molar-refractivity contribution in [2.75, 3.05) is 31.1 Å². The molecule has 0 bridgehead atoms. The van der Waals surface area contributed by atoms with Gasteiger partial charge in [-0.05, 0) is 18.6 Å². The highest BCUT2D eigenvalue weighted by atomic mass is 16.5. The average Bonchev–Trinajstić information content (AvgIpc) is 2.54. The van der Waals surface area contributed by atoms with Crippen LogP contribution in [0.1, 0.15) is 11.1 Å². The van der Waals surface area contributed by atoms with Crippen LogP contribution in [0.2, 0.25) is 0 Å². The summed E-state index contributed by atoms with van der Waals surface area (Å²) in [5.74, 6) is 0.799. The molecule has 2 aromatic rings. The summed E-state index contributed by atoms with van der Waals surface area (Å²) in [6, 6.07) is 4.14. The molecule has 0 aromatic carbocycles. The van der Waals surface area contributed by atoms with E-state index in [0.29, 0.717) is 6.61 Å². The second-order valence-electron chi connectivity index (χ2n) is 5.28. The second-order valence-corrected chi connectivity index (χ2v) is 5.28. The summed E-state index contributed by atoms with van der Waals surface area (Å²) in [6.07, 6.45) is 7.33. The Morgan fingerprint density at radius 3 is 2.71 bits per heavy atom. The van der Waals surface area contributed by atoms with Crippen LogP contribution in [-0.4, -0.2) is 36.1 Å². The molecule has 1 aliphatic rings. The molecule has 2 aromatic heterocycles. The van der Waals surface area contributed by atoms with Crippen molar-refractivity contribution in [3.05, 3.63) is 48.0 Å². The quantitative estimate of drug-likeness (QED) is 0.927. The lowest BCUT2D eigenvalue weighted by Gasteiger charge is -2.29. The Balaban J connectivity index is 1.65. The predicted octanol–water partition coefficient (Wildman–Crippen LogP) is 1.77. The molecule has 0 radical (unpaired) electrons. The number of rotatable bonds is 4. The van der Waals surface area contributed by atoms with Crippen molar-refractivity contribution in [1.82, 2.24) is 15.3 Å². The standard InChI is InChI=1S/C16H20N4O/c1-13-6-14(9-18-8-13)12-21-16-7-15(10-19-11-16)20-4-2-17-3-5-20/h6-11,17H,2-5,12H2,1H3. The van der Waals surface area contributed by atoms with Crippen molar-refractivity contribution in [3.63, 3.8) is 0 Å². The molecule has 0 spiro atoms. The van der Waals surface area contributed by atoms with Gasteiger partial charge in [-0.3, -0.25) is 9.97 Å². The lowest BCUT2D eigenvalue weighted by Crippen LogP contribution is -2.43. The molecule has 0 amide bonds. The normalized spacial score (nSPS) is 15.0. The Hall–Kier alpha value is -2.14. The lowest BCUT2D eigenvalue weighted by molar-refractivity contribution is 0.304. The van der Waals surface area contributed by atoms with Gasteiger partial charge in [0.1, 0.15) is 12.4 Å². The van der Waals surface area contributed by atoms with Crippen LogP contribution in [0.4, 0.5) is 5.69 Å². The highest BCUT2D eigenvalue weighted by Gasteiger charge is 2.11. The lowest BCUT2D eigenvalue weighted by atomic mass is 10.2. The fourth-order valence-electron chi connectivity index (χ4n) is 2.45.